The molecule has 1 amide bonds. The largest absolute Gasteiger partial charge is 0.322 e. The van der Waals surface area contributed by atoms with Crippen molar-refractivity contribution in [2.75, 3.05) is 29.4 Å². The Morgan fingerprint density at radius 1 is 0.966 bits per heavy atom. The highest BCUT2D eigenvalue weighted by Gasteiger charge is 2.27. The average Bonchev–Trinajstić information content (AvgIpc) is 3.18. The Morgan fingerprint density at radius 3 is 2.17 bits per heavy atom. The van der Waals surface area contributed by atoms with Gasteiger partial charge in [0.1, 0.15) is 0 Å². The van der Waals surface area contributed by atoms with E-state index in [0.717, 1.165) is 19.1 Å². The lowest BCUT2D eigenvalue weighted by Gasteiger charge is -2.16. The molecule has 29 heavy (non-hydrogen) atoms. The van der Waals surface area contributed by atoms with Crippen LogP contribution in [0.5, 0.6) is 0 Å². The fourth-order valence-electron chi connectivity index (χ4n) is 3.18. The van der Waals surface area contributed by atoms with Crippen LogP contribution in [0.3, 0.4) is 0 Å². The molecule has 2 aromatic carbocycles. The first-order chi connectivity index (χ1) is 13.6. The van der Waals surface area contributed by atoms with Crippen LogP contribution in [0.15, 0.2) is 47.4 Å². The van der Waals surface area contributed by atoms with Gasteiger partial charge >= 0.3 is 0 Å². The second-order valence-corrected chi connectivity index (χ2v) is 10.6. The van der Waals surface area contributed by atoms with Crippen LogP contribution in [0.1, 0.15) is 28.8 Å². The lowest BCUT2D eigenvalue weighted by molar-refractivity contribution is 0.102. The van der Waals surface area contributed by atoms with E-state index in [9.17, 15) is 21.6 Å². The van der Waals surface area contributed by atoms with Crippen molar-refractivity contribution in [3.8, 4) is 0 Å². The molecule has 1 saturated heterocycles. The minimum absolute atomic E-state index is 0.188. The van der Waals surface area contributed by atoms with E-state index < -0.39 is 26.0 Å². The summed E-state index contributed by atoms with van der Waals surface area (Å²) in [6.07, 6.45) is 2.76. The number of hydrogen-bond acceptors (Lipinski definition) is 5. The molecule has 0 unspecified atom stereocenters. The number of carbonyl (C=O) groups excluding carboxylic acids is 1. The Kier molecular flexibility index (Phi) is 5.97. The van der Waals surface area contributed by atoms with E-state index in [4.69, 9.17) is 0 Å². The smallest absolute Gasteiger partial charge is 0.256 e. The van der Waals surface area contributed by atoms with Crippen LogP contribution in [-0.4, -0.2) is 46.4 Å². The molecule has 1 fully saturated rings. The molecule has 0 aliphatic carbocycles. The highest BCUT2D eigenvalue weighted by atomic mass is 32.2. The molecule has 1 aliphatic rings. The fourth-order valence-corrected chi connectivity index (χ4v) is 5.32. The van der Waals surface area contributed by atoms with Gasteiger partial charge in [0.2, 0.25) is 20.0 Å². The first kappa shape index (κ1) is 21.3. The molecular weight excluding hydrogens is 414 g/mol. The highest BCUT2D eigenvalue weighted by molar-refractivity contribution is 7.92. The zero-order chi connectivity index (χ0) is 21.2. The lowest BCUT2D eigenvalue weighted by atomic mass is 10.1. The minimum atomic E-state index is -3.51. The number of rotatable bonds is 6. The molecule has 0 aromatic heterocycles. The summed E-state index contributed by atoms with van der Waals surface area (Å²) in [4.78, 5) is 12.8. The van der Waals surface area contributed by atoms with Crippen LogP contribution in [0.25, 0.3) is 0 Å². The third-order valence-electron chi connectivity index (χ3n) is 4.69. The zero-order valence-corrected chi connectivity index (χ0v) is 17.8. The van der Waals surface area contributed by atoms with Crippen LogP contribution in [-0.2, 0) is 20.0 Å². The number of hydrogen-bond donors (Lipinski definition) is 2. The monoisotopic (exact) mass is 437 g/mol. The molecule has 0 atom stereocenters. The van der Waals surface area contributed by atoms with Crippen molar-refractivity contribution in [3.05, 3.63) is 53.6 Å². The van der Waals surface area contributed by atoms with Crippen LogP contribution in [0, 0.1) is 6.92 Å². The predicted molar refractivity (Wildman–Crippen MR) is 112 cm³/mol. The number of benzene rings is 2. The SMILES string of the molecule is Cc1c(NS(C)(=O)=O)cccc1C(=O)Nc1ccc(S(=O)(=O)N2CCCC2)cc1. The first-order valence-corrected chi connectivity index (χ1v) is 12.4. The summed E-state index contributed by atoms with van der Waals surface area (Å²) in [5, 5.41) is 2.71. The lowest BCUT2D eigenvalue weighted by Crippen LogP contribution is -2.27. The maximum atomic E-state index is 12.6. The van der Waals surface area contributed by atoms with Crippen LogP contribution >= 0.6 is 0 Å². The quantitative estimate of drug-likeness (QED) is 0.721. The molecular formula is C19H23N3O5S2. The fraction of sp³-hybridized carbons (Fsp3) is 0.316. The van der Waals surface area contributed by atoms with Crippen molar-refractivity contribution in [1.29, 1.82) is 0 Å². The van der Waals surface area contributed by atoms with Gasteiger partial charge in [-0.15, -0.1) is 0 Å². The van der Waals surface area contributed by atoms with Gasteiger partial charge in [0.05, 0.1) is 16.8 Å². The summed E-state index contributed by atoms with van der Waals surface area (Å²) in [7, 11) is -6.98. The number of amides is 1. The Hall–Kier alpha value is -2.43. The summed E-state index contributed by atoms with van der Waals surface area (Å²) in [5.41, 5.74) is 1.57. The molecule has 0 saturated carbocycles. The van der Waals surface area contributed by atoms with Crippen molar-refractivity contribution >= 4 is 37.3 Å². The molecule has 2 N–H and O–H groups in total. The van der Waals surface area contributed by atoms with Gasteiger partial charge in [-0.25, -0.2) is 16.8 Å². The molecule has 0 bridgehead atoms. The second-order valence-electron chi connectivity index (χ2n) is 6.94. The van der Waals surface area contributed by atoms with Crippen LogP contribution in [0.2, 0.25) is 0 Å². The molecule has 8 nitrogen and oxygen atoms in total. The maximum absolute atomic E-state index is 12.6. The number of carbonyl (C=O) groups is 1. The number of sulfonamides is 2. The Morgan fingerprint density at radius 2 is 1.59 bits per heavy atom. The van der Waals surface area contributed by atoms with E-state index in [1.165, 1.54) is 28.6 Å². The van der Waals surface area contributed by atoms with Gasteiger partial charge in [-0.2, -0.15) is 4.31 Å². The number of nitrogens with zero attached hydrogens (tertiary/aromatic N) is 1. The summed E-state index contributed by atoms with van der Waals surface area (Å²) < 4.78 is 51.9. The third kappa shape index (κ3) is 4.95. The van der Waals surface area contributed by atoms with Gasteiger partial charge in [0.25, 0.3) is 5.91 Å². The molecule has 156 valence electrons. The van der Waals surface area contributed by atoms with Gasteiger partial charge in [0, 0.05) is 24.3 Å². The molecule has 0 radical (unpaired) electrons. The van der Waals surface area contributed by atoms with E-state index >= 15 is 0 Å². The minimum Gasteiger partial charge on any atom is -0.322 e. The van der Waals surface area contributed by atoms with Crippen molar-refractivity contribution in [2.45, 2.75) is 24.7 Å². The Balaban J connectivity index is 1.77. The van der Waals surface area contributed by atoms with Crippen molar-refractivity contribution in [2.24, 2.45) is 0 Å². The number of nitrogens with one attached hydrogen (secondary N) is 2. The molecule has 10 heteroatoms. The molecule has 2 aromatic rings. The summed E-state index contributed by atoms with van der Waals surface area (Å²) in [6, 6.07) is 10.8. The van der Waals surface area contributed by atoms with Crippen molar-refractivity contribution in [3.63, 3.8) is 0 Å². The average molecular weight is 438 g/mol. The normalized spacial score (nSPS) is 15.2. The van der Waals surface area contributed by atoms with Crippen LogP contribution in [0.4, 0.5) is 11.4 Å². The van der Waals surface area contributed by atoms with Gasteiger partial charge in [-0.1, -0.05) is 6.07 Å². The Labute approximate surface area is 171 Å². The topological polar surface area (TPSA) is 113 Å². The van der Waals surface area contributed by atoms with Gasteiger partial charge in [-0.05, 0) is 61.7 Å². The standard InChI is InChI=1S/C19H23N3O5S2/c1-14-17(6-5-7-18(14)21-28(2,24)25)19(23)20-15-8-10-16(11-9-15)29(26,27)22-12-3-4-13-22/h5-11,21H,3-4,12-13H2,1-2H3,(H,20,23). The molecule has 3 rings (SSSR count). The van der Waals surface area contributed by atoms with E-state index in [1.807, 2.05) is 0 Å². The third-order valence-corrected chi connectivity index (χ3v) is 7.19. The maximum Gasteiger partial charge on any atom is 0.256 e. The zero-order valence-electron chi connectivity index (χ0n) is 16.2. The van der Waals surface area contributed by atoms with Crippen molar-refractivity contribution in [1.82, 2.24) is 4.31 Å². The van der Waals surface area contributed by atoms with E-state index in [0.29, 0.717) is 35.6 Å². The van der Waals surface area contributed by atoms with Crippen LogP contribution < -0.4 is 10.0 Å². The van der Waals surface area contributed by atoms with E-state index in [1.54, 1.807) is 25.1 Å². The molecule has 1 aliphatic heterocycles. The van der Waals surface area contributed by atoms with Gasteiger partial charge in [0.15, 0.2) is 0 Å². The summed E-state index contributed by atoms with van der Waals surface area (Å²) in [6.45, 7) is 2.70. The van der Waals surface area contributed by atoms with Gasteiger partial charge in [-0.3, -0.25) is 9.52 Å². The van der Waals surface area contributed by atoms with E-state index in [-0.39, 0.29) is 4.90 Å². The highest BCUT2D eigenvalue weighted by Crippen LogP contribution is 2.24. The number of anilines is 2. The molecule has 1 heterocycles. The van der Waals surface area contributed by atoms with Crippen molar-refractivity contribution < 1.29 is 21.6 Å². The summed E-state index contributed by atoms with van der Waals surface area (Å²) >= 11 is 0. The predicted octanol–water partition coefficient (Wildman–Crippen LogP) is 2.40. The second kappa shape index (κ2) is 8.13. The van der Waals surface area contributed by atoms with Gasteiger partial charge < -0.3 is 5.32 Å². The van der Waals surface area contributed by atoms with E-state index in [2.05, 4.69) is 10.0 Å². The molecule has 0 spiro atoms. The summed E-state index contributed by atoms with van der Waals surface area (Å²) in [5.74, 6) is -0.421. The Bertz CT molecular complexity index is 1120. The first-order valence-electron chi connectivity index (χ1n) is 9.07.